The third-order valence-electron chi connectivity index (χ3n) is 4.98. The van der Waals surface area contributed by atoms with E-state index in [4.69, 9.17) is 9.73 Å². The molecule has 0 amide bonds. The predicted molar refractivity (Wildman–Crippen MR) is 124 cm³/mol. The lowest BCUT2D eigenvalue weighted by atomic mass is 10.1. The van der Waals surface area contributed by atoms with Crippen LogP contribution >= 0.6 is 24.0 Å². The van der Waals surface area contributed by atoms with Gasteiger partial charge in [0.2, 0.25) is 0 Å². The van der Waals surface area contributed by atoms with E-state index >= 15 is 0 Å². The Morgan fingerprint density at radius 3 is 2.70 bits per heavy atom. The molecule has 3 rings (SSSR count). The number of aliphatic imine (C=N–C) groups is 1. The second kappa shape index (κ2) is 11.5. The molecule has 1 aromatic carbocycles. The molecule has 0 aliphatic carbocycles. The molecular weight excluding hydrogens is 451 g/mol. The molecule has 0 unspecified atom stereocenters. The normalized spacial score (nSPS) is 15.8. The Labute approximate surface area is 180 Å². The summed E-state index contributed by atoms with van der Waals surface area (Å²) in [7, 11) is 0. The number of nitrogens with zero attached hydrogens (tertiary/aromatic N) is 3. The molecule has 0 bridgehead atoms. The van der Waals surface area contributed by atoms with Crippen molar-refractivity contribution in [2.45, 2.75) is 45.8 Å². The van der Waals surface area contributed by atoms with Crippen molar-refractivity contribution in [3.63, 3.8) is 0 Å². The van der Waals surface area contributed by atoms with Crippen molar-refractivity contribution in [1.29, 1.82) is 0 Å². The summed E-state index contributed by atoms with van der Waals surface area (Å²) >= 11 is 0. The quantitative estimate of drug-likeness (QED) is 0.278. The molecule has 5 nitrogen and oxygen atoms in total. The second-order valence-electron chi connectivity index (χ2n) is 6.80. The van der Waals surface area contributed by atoms with Gasteiger partial charge in [0.25, 0.3) is 0 Å². The van der Waals surface area contributed by atoms with E-state index in [1.807, 2.05) is 0 Å². The number of nitrogens with one attached hydrogen (secondary N) is 1. The molecule has 0 radical (unpaired) electrons. The lowest BCUT2D eigenvalue weighted by molar-refractivity contribution is 0.0264. The fourth-order valence-corrected chi connectivity index (χ4v) is 3.66. The second-order valence-corrected chi connectivity index (χ2v) is 6.80. The van der Waals surface area contributed by atoms with E-state index in [2.05, 4.69) is 65.2 Å². The first kappa shape index (κ1) is 22.0. The summed E-state index contributed by atoms with van der Waals surface area (Å²) in [6.07, 6.45) is 5.82. The van der Waals surface area contributed by atoms with E-state index in [0.29, 0.717) is 6.10 Å². The van der Waals surface area contributed by atoms with Crippen LogP contribution in [0.1, 0.15) is 33.1 Å². The lowest BCUT2D eigenvalue weighted by Gasteiger charge is -2.34. The van der Waals surface area contributed by atoms with Crippen LogP contribution in [0.15, 0.2) is 41.5 Å². The number of ether oxygens (including phenoxy) is 1. The van der Waals surface area contributed by atoms with Gasteiger partial charge in [0, 0.05) is 51.0 Å². The predicted octanol–water partition coefficient (Wildman–Crippen LogP) is 4.12. The monoisotopic (exact) mass is 484 g/mol. The number of piperidine rings is 1. The first-order valence-electron chi connectivity index (χ1n) is 10.0. The van der Waals surface area contributed by atoms with Crippen LogP contribution in [0, 0.1) is 0 Å². The Morgan fingerprint density at radius 1 is 1.19 bits per heavy atom. The van der Waals surface area contributed by atoms with Crippen molar-refractivity contribution in [3.05, 3.63) is 36.5 Å². The number of aryl methyl sites for hydroxylation is 1. The maximum Gasteiger partial charge on any atom is 0.193 e. The van der Waals surface area contributed by atoms with E-state index in [9.17, 15) is 0 Å². The van der Waals surface area contributed by atoms with Gasteiger partial charge in [-0.05, 0) is 50.6 Å². The van der Waals surface area contributed by atoms with E-state index in [-0.39, 0.29) is 24.0 Å². The highest BCUT2D eigenvalue weighted by Gasteiger charge is 2.21. The smallest absolute Gasteiger partial charge is 0.193 e. The number of aromatic nitrogens is 1. The number of guanidine groups is 1. The number of para-hydroxylation sites is 1. The molecule has 2 heterocycles. The van der Waals surface area contributed by atoms with Crippen molar-refractivity contribution in [2.75, 3.05) is 32.8 Å². The molecule has 1 aliphatic rings. The summed E-state index contributed by atoms with van der Waals surface area (Å²) in [5.41, 5.74) is 1.31. The zero-order valence-corrected chi connectivity index (χ0v) is 18.9. The number of benzene rings is 1. The van der Waals surface area contributed by atoms with Gasteiger partial charge < -0.3 is 19.5 Å². The summed E-state index contributed by atoms with van der Waals surface area (Å²) < 4.78 is 8.08. The standard InChI is InChI=1S/C21H32N4O.HI/c1-3-22-21(25-16-11-19(12-17-25)26-4-2)23-13-7-14-24-15-10-18-8-5-6-9-20(18)24;/h5-6,8-10,15,19H,3-4,7,11-14,16-17H2,1-2H3,(H,22,23);1H. The number of hydrogen-bond donors (Lipinski definition) is 1. The Hall–Kier alpha value is -1.28. The summed E-state index contributed by atoms with van der Waals surface area (Å²) in [6.45, 7) is 9.83. The molecule has 1 N–H and O–H groups in total. The first-order valence-corrected chi connectivity index (χ1v) is 10.0. The molecule has 0 atom stereocenters. The van der Waals surface area contributed by atoms with Gasteiger partial charge in [-0.1, -0.05) is 18.2 Å². The van der Waals surface area contributed by atoms with Gasteiger partial charge in [-0.3, -0.25) is 4.99 Å². The molecular formula is C21H33IN4O. The molecule has 1 saturated heterocycles. The van der Waals surface area contributed by atoms with E-state index < -0.39 is 0 Å². The summed E-state index contributed by atoms with van der Waals surface area (Å²) in [5, 5.41) is 4.76. The maximum atomic E-state index is 5.76. The van der Waals surface area contributed by atoms with Crippen LogP contribution in [0.3, 0.4) is 0 Å². The van der Waals surface area contributed by atoms with Crippen molar-refractivity contribution in [3.8, 4) is 0 Å². The van der Waals surface area contributed by atoms with Crippen LogP contribution < -0.4 is 5.32 Å². The molecule has 0 spiro atoms. The first-order chi connectivity index (χ1) is 12.8. The van der Waals surface area contributed by atoms with Crippen LogP contribution in [0.5, 0.6) is 0 Å². The fourth-order valence-electron chi connectivity index (χ4n) is 3.66. The molecule has 27 heavy (non-hydrogen) atoms. The summed E-state index contributed by atoms with van der Waals surface area (Å²) in [6, 6.07) is 10.7. The molecule has 1 aromatic heterocycles. The molecule has 1 fully saturated rings. The lowest BCUT2D eigenvalue weighted by Crippen LogP contribution is -2.47. The summed E-state index contributed by atoms with van der Waals surface area (Å²) in [5.74, 6) is 1.06. The van der Waals surface area contributed by atoms with Crippen molar-refractivity contribution >= 4 is 40.8 Å². The van der Waals surface area contributed by atoms with Gasteiger partial charge in [-0.25, -0.2) is 0 Å². The zero-order chi connectivity index (χ0) is 18.2. The average molecular weight is 484 g/mol. The van der Waals surface area contributed by atoms with Gasteiger partial charge in [-0.2, -0.15) is 0 Å². The van der Waals surface area contributed by atoms with Gasteiger partial charge >= 0.3 is 0 Å². The third kappa shape index (κ3) is 6.10. The van der Waals surface area contributed by atoms with Crippen molar-refractivity contribution in [2.24, 2.45) is 4.99 Å². The van der Waals surface area contributed by atoms with Gasteiger partial charge in [0.1, 0.15) is 0 Å². The Bertz CT molecular complexity index is 707. The van der Waals surface area contributed by atoms with E-state index in [1.54, 1.807) is 0 Å². The molecule has 1 aliphatic heterocycles. The molecule has 150 valence electrons. The third-order valence-corrected chi connectivity index (χ3v) is 4.98. The van der Waals surface area contributed by atoms with Crippen LogP contribution in [0.25, 0.3) is 10.9 Å². The van der Waals surface area contributed by atoms with Gasteiger partial charge in [0.05, 0.1) is 6.10 Å². The van der Waals surface area contributed by atoms with Crippen LogP contribution in [-0.4, -0.2) is 54.3 Å². The maximum absolute atomic E-state index is 5.76. The average Bonchev–Trinajstić information content (AvgIpc) is 3.08. The number of likely N-dealkylation sites (tertiary alicyclic amines) is 1. The molecule has 0 saturated carbocycles. The Kier molecular flexibility index (Phi) is 9.41. The SMILES string of the molecule is CCNC(=NCCCn1ccc2ccccc21)N1CCC(OCC)CC1.I. The number of fused-ring (bicyclic) bond motifs is 1. The minimum absolute atomic E-state index is 0. The fraction of sp³-hybridized carbons (Fsp3) is 0.571. The number of rotatable bonds is 7. The number of halogens is 1. The highest BCUT2D eigenvalue weighted by molar-refractivity contribution is 14.0. The van der Waals surface area contributed by atoms with E-state index in [0.717, 1.165) is 64.6 Å². The van der Waals surface area contributed by atoms with Crippen molar-refractivity contribution in [1.82, 2.24) is 14.8 Å². The van der Waals surface area contributed by atoms with Gasteiger partial charge in [0.15, 0.2) is 5.96 Å². The minimum Gasteiger partial charge on any atom is -0.378 e. The number of hydrogen-bond acceptors (Lipinski definition) is 2. The van der Waals surface area contributed by atoms with Crippen molar-refractivity contribution < 1.29 is 4.74 Å². The molecule has 2 aromatic rings. The van der Waals surface area contributed by atoms with Crippen LogP contribution in [0.2, 0.25) is 0 Å². The van der Waals surface area contributed by atoms with Crippen LogP contribution in [0.4, 0.5) is 0 Å². The van der Waals surface area contributed by atoms with Gasteiger partial charge in [-0.15, -0.1) is 24.0 Å². The van der Waals surface area contributed by atoms with E-state index in [1.165, 1.54) is 10.9 Å². The topological polar surface area (TPSA) is 41.8 Å². The Balaban J connectivity index is 0.00000261. The zero-order valence-electron chi connectivity index (χ0n) is 16.6. The highest BCUT2D eigenvalue weighted by Crippen LogP contribution is 2.16. The largest absolute Gasteiger partial charge is 0.378 e. The van der Waals surface area contributed by atoms with Crippen LogP contribution in [-0.2, 0) is 11.3 Å². The summed E-state index contributed by atoms with van der Waals surface area (Å²) in [4.78, 5) is 7.24. The molecule has 6 heteroatoms. The highest BCUT2D eigenvalue weighted by atomic mass is 127. The Morgan fingerprint density at radius 2 is 1.96 bits per heavy atom. The minimum atomic E-state index is 0.